The summed E-state index contributed by atoms with van der Waals surface area (Å²) in [7, 11) is -2.03. The zero-order valence-corrected chi connectivity index (χ0v) is 12.7. The van der Waals surface area contributed by atoms with Crippen molar-refractivity contribution in [3.05, 3.63) is 30.0 Å². The summed E-state index contributed by atoms with van der Waals surface area (Å²) < 4.78 is 28.4. The van der Waals surface area contributed by atoms with Gasteiger partial charge in [-0.15, -0.1) is 0 Å². The SMILES string of the molecule is Cn1cnc(S(=O)(=O)N2CCC[C@@H]2c2[nH]ncc2C(N)=O)c1. The molecule has 1 atom stereocenters. The van der Waals surface area contributed by atoms with Crippen molar-refractivity contribution < 1.29 is 13.2 Å². The Balaban J connectivity index is 2.00. The predicted molar refractivity (Wildman–Crippen MR) is 76.2 cm³/mol. The number of nitrogens with zero attached hydrogens (tertiary/aromatic N) is 4. The number of carbonyl (C=O) groups is 1. The third-order valence-corrected chi connectivity index (χ3v) is 5.52. The minimum absolute atomic E-state index is 0.0120. The van der Waals surface area contributed by atoms with Crippen molar-refractivity contribution in [3.8, 4) is 0 Å². The summed E-state index contributed by atoms with van der Waals surface area (Å²) in [6.07, 6.45) is 5.49. The zero-order chi connectivity index (χ0) is 15.9. The summed E-state index contributed by atoms with van der Waals surface area (Å²) >= 11 is 0. The van der Waals surface area contributed by atoms with Crippen LogP contribution in [0.25, 0.3) is 0 Å². The molecule has 3 rings (SSSR count). The molecule has 0 bridgehead atoms. The molecule has 0 spiro atoms. The van der Waals surface area contributed by atoms with E-state index >= 15 is 0 Å². The lowest BCUT2D eigenvalue weighted by atomic mass is 10.1. The van der Waals surface area contributed by atoms with Gasteiger partial charge in [-0.3, -0.25) is 9.89 Å². The van der Waals surface area contributed by atoms with E-state index in [1.165, 1.54) is 23.0 Å². The Kier molecular flexibility index (Phi) is 3.49. The van der Waals surface area contributed by atoms with E-state index in [-0.39, 0.29) is 10.6 Å². The lowest BCUT2D eigenvalue weighted by molar-refractivity contribution is 0.0998. The van der Waals surface area contributed by atoms with E-state index in [9.17, 15) is 13.2 Å². The van der Waals surface area contributed by atoms with Crippen LogP contribution in [0.15, 0.2) is 23.7 Å². The highest BCUT2D eigenvalue weighted by atomic mass is 32.2. The molecule has 10 heteroatoms. The van der Waals surface area contributed by atoms with Gasteiger partial charge in [0.1, 0.15) is 0 Å². The first-order chi connectivity index (χ1) is 10.4. The molecule has 2 aromatic rings. The highest BCUT2D eigenvalue weighted by Crippen LogP contribution is 2.36. The first-order valence-electron chi connectivity index (χ1n) is 6.74. The van der Waals surface area contributed by atoms with E-state index in [0.717, 1.165) is 0 Å². The number of primary amides is 1. The third kappa shape index (κ3) is 2.29. The van der Waals surface area contributed by atoms with Gasteiger partial charge >= 0.3 is 0 Å². The lowest BCUT2D eigenvalue weighted by Crippen LogP contribution is -2.32. The summed E-state index contributed by atoms with van der Waals surface area (Å²) in [5, 5.41) is 6.51. The third-order valence-electron chi connectivity index (χ3n) is 3.73. The van der Waals surface area contributed by atoms with Gasteiger partial charge in [-0.25, -0.2) is 13.4 Å². The Morgan fingerprint density at radius 2 is 2.27 bits per heavy atom. The molecule has 1 aliphatic rings. The molecule has 1 amide bonds. The van der Waals surface area contributed by atoms with Crippen molar-refractivity contribution in [2.75, 3.05) is 6.54 Å². The minimum Gasteiger partial charge on any atom is -0.365 e. The average Bonchev–Trinajstić information content (AvgIpc) is 3.17. The molecule has 0 unspecified atom stereocenters. The number of aromatic amines is 1. The van der Waals surface area contributed by atoms with Crippen LogP contribution in [0, 0.1) is 0 Å². The Morgan fingerprint density at radius 1 is 1.50 bits per heavy atom. The number of hydrogen-bond acceptors (Lipinski definition) is 5. The first kappa shape index (κ1) is 14.7. The molecule has 3 N–H and O–H groups in total. The molecule has 0 radical (unpaired) electrons. The Hall–Kier alpha value is -2.20. The van der Waals surface area contributed by atoms with E-state index in [4.69, 9.17) is 5.73 Å². The van der Waals surface area contributed by atoms with Crippen LogP contribution in [-0.2, 0) is 17.1 Å². The average molecular weight is 324 g/mol. The largest absolute Gasteiger partial charge is 0.365 e. The van der Waals surface area contributed by atoms with Gasteiger partial charge in [0.2, 0.25) is 0 Å². The fraction of sp³-hybridized carbons (Fsp3) is 0.417. The van der Waals surface area contributed by atoms with E-state index < -0.39 is 22.0 Å². The maximum Gasteiger partial charge on any atom is 0.262 e. The van der Waals surface area contributed by atoms with Crippen molar-refractivity contribution >= 4 is 15.9 Å². The molecule has 1 aliphatic heterocycles. The molecule has 1 fully saturated rings. The maximum absolute atomic E-state index is 12.7. The van der Waals surface area contributed by atoms with Crippen molar-refractivity contribution in [2.24, 2.45) is 12.8 Å². The molecule has 0 aromatic carbocycles. The maximum atomic E-state index is 12.7. The molecule has 118 valence electrons. The zero-order valence-electron chi connectivity index (χ0n) is 11.9. The summed E-state index contributed by atoms with van der Waals surface area (Å²) in [4.78, 5) is 15.4. The second-order valence-corrected chi connectivity index (χ2v) is 7.05. The van der Waals surface area contributed by atoms with E-state index in [2.05, 4.69) is 15.2 Å². The highest BCUT2D eigenvalue weighted by Gasteiger charge is 2.39. The number of amides is 1. The first-order valence-corrected chi connectivity index (χ1v) is 8.18. The van der Waals surface area contributed by atoms with Gasteiger partial charge in [0.05, 0.1) is 29.8 Å². The van der Waals surface area contributed by atoms with Gasteiger partial charge < -0.3 is 10.3 Å². The van der Waals surface area contributed by atoms with Crippen molar-refractivity contribution in [3.63, 3.8) is 0 Å². The number of nitrogens with two attached hydrogens (primary N) is 1. The summed E-state index contributed by atoms with van der Waals surface area (Å²) in [5.41, 5.74) is 5.96. The van der Waals surface area contributed by atoms with Crippen LogP contribution >= 0.6 is 0 Å². The number of aryl methyl sites for hydroxylation is 1. The molecule has 1 saturated heterocycles. The van der Waals surface area contributed by atoms with Crippen LogP contribution in [0.3, 0.4) is 0 Å². The predicted octanol–water partition coefficient (Wildman–Crippen LogP) is -0.232. The van der Waals surface area contributed by atoms with Crippen LogP contribution in [0.5, 0.6) is 0 Å². The Bertz CT molecular complexity index is 808. The number of H-pyrrole nitrogens is 1. The van der Waals surface area contributed by atoms with Gasteiger partial charge in [-0.2, -0.15) is 9.40 Å². The number of carbonyl (C=O) groups excluding carboxylic acids is 1. The molecular formula is C12H16N6O3S. The number of rotatable bonds is 4. The summed E-state index contributed by atoms with van der Waals surface area (Å²) in [6, 6.07) is -0.489. The number of sulfonamides is 1. The normalized spacial score (nSPS) is 19.6. The fourth-order valence-corrected chi connectivity index (χ4v) is 4.34. The number of imidazole rings is 1. The second kappa shape index (κ2) is 5.21. The van der Waals surface area contributed by atoms with Crippen LogP contribution in [0.1, 0.15) is 34.9 Å². The smallest absolute Gasteiger partial charge is 0.262 e. The minimum atomic E-state index is -3.73. The second-order valence-electron chi connectivity index (χ2n) is 5.21. The van der Waals surface area contributed by atoms with Crippen molar-refractivity contribution in [1.29, 1.82) is 0 Å². The molecular weight excluding hydrogens is 308 g/mol. The fourth-order valence-electron chi connectivity index (χ4n) is 2.70. The molecule has 0 aliphatic carbocycles. The summed E-state index contributed by atoms with van der Waals surface area (Å²) in [6.45, 7) is 0.362. The standard InChI is InChI=1S/C12H16N6O3S/c1-17-6-10(14-7-17)22(20,21)18-4-2-3-9(18)11-8(12(13)19)5-15-16-11/h5-7,9H,2-4H2,1H3,(H2,13,19)(H,15,16)/t9-/m1/s1. The quantitative estimate of drug-likeness (QED) is 0.803. The number of hydrogen-bond donors (Lipinski definition) is 2. The molecule has 2 aromatic heterocycles. The van der Waals surface area contributed by atoms with Gasteiger partial charge in [-0.1, -0.05) is 0 Å². The van der Waals surface area contributed by atoms with Gasteiger partial charge in [0, 0.05) is 19.8 Å². The van der Waals surface area contributed by atoms with Crippen LogP contribution < -0.4 is 5.73 Å². The van der Waals surface area contributed by atoms with Crippen LogP contribution in [0.4, 0.5) is 0 Å². The van der Waals surface area contributed by atoms with Gasteiger partial charge in [0.15, 0.2) is 5.03 Å². The van der Waals surface area contributed by atoms with E-state index in [1.807, 2.05) is 0 Å². The molecule has 0 saturated carbocycles. The topological polar surface area (TPSA) is 127 Å². The van der Waals surface area contributed by atoms with Crippen molar-refractivity contribution in [2.45, 2.75) is 23.9 Å². The van der Waals surface area contributed by atoms with Crippen LogP contribution in [0.2, 0.25) is 0 Å². The molecule has 3 heterocycles. The van der Waals surface area contributed by atoms with E-state index in [0.29, 0.717) is 25.1 Å². The lowest BCUT2D eigenvalue weighted by Gasteiger charge is -2.22. The Morgan fingerprint density at radius 3 is 2.91 bits per heavy atom. The highest BCUT2D eigenvalue weighted by molar-refractivity contribution is 7.89. The van der Waals surface area contributed by atoms with E-state index in [1.54, 1.807) is 11.6 Å². The summed E-state index contributed by atoms with van der Waals surface area (Å²) in [5.74, 6) is -0.633. The number of nitrogens with one attached hydrogen (secondary N) is 1. The van der Waals surface area contributed by atoms with Gasteiger partial charge in [0.25, 0.3) is 15.9 Å². The van der Waals surface area contributed by atoms with Crippen LogP contribution in [-0.4, -0.2) is 44.9 Å². The van der Waals surface area contributed by atoms with Crippen molar-refractivity contribution in [1.82, 2.24) is 24.1 Å². The molecule has 22 heavy (non-hydrogen) atoms. The van der Waals surface area contributed by atoms with Gasteiger partial charge in [-0.05, 0) is 12.8 Å². The number of aromatic nitrogens is 4. The Labute approximate surface area is 127 Å². The molecule has 9 nitrogen and oxygen atoms in total. The monoisotopic (exact) mass is 324 g/mol.